The first-order valence-corrected chi connectivity index (χ1v) is 5.46. The zero-order chi connectivity index (χ0) is 14.4. The third-order valence-electron chi connectivity index (χ3n) is 2.42. The highest BCUT2D eigenvalue weighted by Gasteiger charge is 2.21. The van der Waals surface area contributed by atoms with E-state index in [1.165, 1.54) is 14.2 Å². The molecule has 0 aromatic heterocycles. The molecule has 2 N–H and O–H groups in total. The zero-order valence-corrected chi connectivity index (χ0v) is 10.5. The van der Waals surface area contributed by atoms with E-state index in [9.17, 15) is 13.6 Å². The van der Waals surface area contributed by atoms with Crippen LogP contribution >= 0.6 is 0 Å². The van der Waals surface area contributed by atoms with Crippen LogP contribution in [-0.4, -0.2) is 44.3 Å². The lowest BCUT2D eigenvalue weighted by Crippen LogP contribution is -2.36. The van der Waals surface area contributed by atoms with Gasteiger partial charge in [0.2, 0.25) is 0 Å². The average molecular weight is 275 g/mol. The molecule has 1 aromatic rings. The van der Waals surface area contributed by atoms with E-state index < -0.39 is 25.0 Å². The fourth-order valence-electron chi connectivity index (χ4n) is 1.45. The minimum absolute atomic E-state index is 0.0916. The standard InChI is InChI=1S/C12H15F2NO4/c1-18-8-4-3-5-9(19-2)10(8)12(17)15-6-7(16)11(13)14/h3-5,7,11,16H,6H2,1-2H3,(H,15,17). The van der Waals surface area contributed by atoms with Crippen molar-refractivity contribution < 1.29 is 28.2 Å². The molecule has 0 aliphatic rings. The minimum Gasteiger partial charge on any atom is -0.496 e. The Kier molecular flexibility index (Phi) is 5.50. The van der Waals surface area contributed by atoms with Gasteiger partial charge in [-0.25, -0.2) is 8.78 Å². The Labute approximate surface area is 109 Å². The average Bonchev–Trinajstić information content (AvgIpc) is 2.42. The summed E-state index contributed by atoms with van der Waals surface area (Å²) in [5.74, 6) is -0.152. The molecular formula is C12H15F2NO4. The van der Waals surface area contributed by atoms with Gasteiger partial charge in [-0.15, -0.1) is 0 Å². The van der Waals surface area contributed by atoms with E-state index in [2.05, 4.69) is 5.32 Å². The number of hydrogen-bond acceptors (Lipinski definition) is 4. The van der Waals surface area contributed by atoms with Crippen LogP contribution in [0.2, 0.25) is 0 Å². The van der Waals surface area contributed by atoms with Gasteiger partial charge in [-0.1, -0.05) is 6.07 Å². The fourth-order valence-corrected chi connectivity index (χ4v) is 1.45. The summed E-state index contributed by atoms with van der Waals surface area (Å²) in [7, 11) is 2.75. The van der Waals surface area contributed by atoms with E-state index in [1.54, 1.807) is 18.2 Å². The highest BCUT2D eigenvalue weighted by atomic mass is 19.3. The van der Waals surface area contributed by atoms with Crippen molar-refractivity contribution >= 4 is 5.91 Å². The molecule has 1 atom stereocenters. The molecule has 1 amide bonds. The summed E-state index contributed by atoms with van der Waals surface area (Å²) in [4.78, 5) is 11.9. The molecule has 0 saturated carbocycles. The Morgan fingerprint density at radius 2 is 1.84 bits per heavy atom. The Balaban J connectivity index is 2.86. The van der Waals surface area contributed by atoms with Crippen LogP contribution in [0.15, 0.2) is 18.2 Å². The number of ether oxygens (including phenoxy) is 2. The van der Waals surface area contributed by atoms with Crippen LogP contribution in [0.5, 0.6) is 11.5 Å². The van der Waals surface area contributed by atoms with Crippen molar-refractivity contribution in [3.05, 3.63) is 23.8 Å². The van der Waals surface area contributed by atoms with Gasteiger partial charge in [0.25, 0.3) is 12.3 Å². The third-order valence-corrected chi connectivity index (χ3v) is 2.42. The SMILES string of the molecule is COc1cccc(OC)c1C(=O)NCC(O)C(F)F. The summed E-state index contributed by atoms with van der Waals surface area (Å²) in [6.07, 6.45) is -4.83. The predicted molar refractivity (Wildman–Crippen MR) is 63.9 cm³/mol. The highest BCUT2D eigenvalue weighted by molar-refractivity contribution is 5.99. The van der Waals surface area contributed by atoms with Crippen LogP contribution in [0, 0.1) is 0 Å². The molecule has 106 valence electrons. The van der Waals surface area contributed by atoms with Gasteiger partial charge in [-0.3, -0.25) is 4.79 Å². The quantitative estimate of drug-likeness (QED) is 0.814. The number of hydrogen-bond donors (Lipinski definition) is 2. The number of methoxy groups -OCH3 is 2. The van der Waals surface area contributed by atoms with E-state index in [0.717, 1.165) is 0 Å². The predicted octanol–water partition coefficient (Wildman–Crippen LogP) is 1.06. The number of aliphatic hydroxyl groups is 1. The number of halogens is 2. The summed E-state index contributed by atoms with van der Waals surface area (Å²) in [6, 6.07) is 4.71. The topological polar surface area (TPSA) is 67.8 Å². The lowest BCUT2D eigenvalue weighted by atomic mass is 10.1. The summed E-state index contributed by atoms with van der Waals surface area (Å²) in [5.41, 5.74) is 0.0916. The number of alkyl halides is 2. The lowest BCUT2D eigenvalue weighted by molar-refractivity contribution is -0.00272. The molecule has 1 rings (SSSR count). The Morgan fingerprint density at radius 3 is 2.26 bits per heavy atom. The van der Waals surface area contributed by atoms with Crippen LogP contribution in [-0.2, 0) is 0 Å². The molecule has 19 heavy (non-hydrogen) atoms. The van der Waals surface area contributed by atoms with E-state index in [-0.39, 0.29) is 17.1 Å². The molecule has 1 aromatic carbocycles. The summed E-state index contributed by atoms with van der Waals surface area (Å²) < 4.78 is 34.3. The molecular weight excluding hydrogens is 260 g/mol. The van der Waals surface area contributed by atoms with Crippen molar-refractivity contribution in [2.75, 3.05) is 20.8 Å². The molecule has 0 fully saturated rings. The van der Waals surface area contributed by atoms with Gasteiger partial charge in [-0.2, -0.15) is 0 Å². The second kappa shape index (κ2) is 6.89. The second-order valence-electron chi connectivity index (χ2n) is 3.65. The van der Waals surface area contributed by atoms with Gasteiger partial charge in [0.05, 0.1) is 14.2 Å². The molecule has 0 heterocycles. The Morgan fingerprint density at radius 1 is 1.32 bits per heavy atom. The molecule has 0 saturated heterocycles. The van der Waals surface area contributed by atoms with Crippen molar-refractivity contribution in [3.63, 3.8) is 0 Å². The molecule has 1 unspecified atom stereocenters. The molecule has 0 bridgehead atoms. The summed E-state index contributed by atoms with van der Waals surface area (Å²) >= 11 is 0. The Bertz CT molecular complexity index is 417. The largest absolute Gasteiger partial charge is 0.496 e. The number of amides is 1. The van der Waals surface area contributed by atoms with Crippen molar-refractivity contribution in [2.24, 2.45) is 0 Å². The maximum atomic E-state index is 12.1. The fraction of sp³-hybridized carbons (Fsp3) is 0.417. The first-order chi connectivity index (χ1) is 9.01. The molecule has 0 aliphatic carbocycles. The van der Waals surface area contributed by atoms with Gasteiger partial charge >= 0.3 is 0 Å². The first-order valence-electron chi connectivity index (χ1n) is 5.46. The van der Waals surface area contributed by atoms with E-state index in [4.69, 9.17) is 14.6 Å². The van der Waals surface area contributed by atoms with Crippen LogP contribution in [0.1, 0.15) is 10.4 Å². The zero-order valence-electron chi connectivity index (χ0n) is 10.5. The van der Waals surface area contributed by atoms with Gasteiger partial charge in [-0.05, 0) is 12.1 Å². The molecule has 0 radical (unpaired) electrons. The van der Waals surface area contributed by atoms with Gasteiger partial charge in [0, 0.05) is 6.54 Å². The van der Waals surface area contributed by atoms with Crippen LogP contribution in [0.4, 0.5) is 8.78 Å². The number of nitrogens with one attached hydrogen (secondary N) is 1. The van der Waals surface area contributed by atoms with Crippen LogP contribution in [0.3, 0.4) is 0 Å². The van der Waals surface area contributed by atoms with Crippen molar-refractivity contribution in [2.45, 2.75) is 12.5 Å². The van der Waals surface area contributed by atoms with Gasteiger partial charge < -0.3 is 19.9 Å². The number of rotatable bonds is 6. The number of carbonyl (C=O) groups is 1. The van der Waals surface area contributed by atoms with Crippen LogP contribution in [0.25, 0.3) is 0 Å². The normalized spacial score (nSPS) is 12.1. The third kappa shape index (κ3) is 3.78. The van der Waals surface area contributed by atoms with Crippen molar-refractivity contribution in [1.82, 2.24) is 5.32 Å². The Hall–Kier alpha value is -1.89. The summed E-state index contributed by atoms with van der Waals surface area (Å²) in [5, 5.41) is 11.1. The maximum Gasteiger partial charge on any atom is 0.265 e. The van der Waals surface area contributed by atoms with E-state index >= 15 is 0 Å². The molecule has 0 spiro atoms. The van der Waals surface area contributed by atoms with Crippen molar-refractivity contribution in [3.8, 4) is 11.5 Å². The second-order valence-corrected chi connectivity index (χ2v) is 3.65. The molecule has 5 nitrogen and oxygen atoms in total. The summed E-state index contributed by atoms with van der Waals surface area (Å²) in [6.45, 7) is -0.558. The number of benzene rings is 1. The van der Waals surface area contributed by atoms with E-state index in [1.807, 2.05) is 0 Å². The van der Waals surface area contributed by atoms with E-state index in [0.29, 0.717) is 0 Å². The van der Waals surface area contributed by atoms with Gasteiger partial charge in [0.15, 0.2) is 0 Å². The molecule has 0 aliphatic heterocycles. The number of carbonyl (C=O) groups excluding carboxylic acids is 1. The van der Waals surface area contributed by atoms with Crippen LogP contribution < -0.4 is 14.8 Å². The highest BCUT2D eigenvalue weighted by Crippen LogP contribution is 2.27. The maximum absolute atomic E-state index is 12.1. The molecule has 7 heteroatoms. The van der Waals surface area contributed by atoms with Crippen molar-refractivity contribution in [1.29, 1.82) is 0 Å². The number of aliphatic hydroxyl groups excluding tert-OH is 1. The lowest BCUT2D eigenvalue weighted by Gasteiger charge is -2.14. The van der Waals surface area contributed by atoms with Gasteiger partial charge in [0.1, 0.15) is 23.2 Å². The monoisotopic (exact) mass is 275 g/mol. The first kappa shape index (κ1) is 15.2. The smallest absolute Gasteiger partial charge is 0.265 e. The minimum atomic E-state index is -2.92.